The van der Waals surface area contributed by atoms with Gasteiger partial charge in [-0.15, -0.1) is 15.3 Å². The largest absolute Gasteiger partial charge is 0.454 e. The minimum absolute atomic E-state index is 0.0469. The van der Waals surface area contributed by atoms with Crippen molar-refractivity contribution in [3.05, 3.63) is 66.1 Å². The average molecular weight is 532 g/mol. The van der Waals surface area contributed by atoms with E-state index in [1.807, 2.05) is 0 Å². The maximum atomic E-state index is 13.7. The standard InChI is InChI=1S/C23H19F3N6O6/c24-12-3-10(4-13(25)18(12)26)14-6-32(30-28-14)19-20(34)17(7-33)38-22(21(19)35)23-29-27-8-31(23)11-1-2-15-16(5-11)37-9-36-15/h1-6,8,17,19-22,33-35H,7,9H2/t17?,19?,20-,21+,22?/m0/s1. The summed E-state index contributed by atoms with van der Waals surface area (Å²) in [6.45, 7) is -0.540. The van der Waals surface area contributed by atoms with Crippen LogP contribution in [0.2, 0.25) is 0 Å². The molecule has 1 fully saturated rings. The highest BCUT2D eigenvalue weighted by molar-refractivity contribution is 5.58. The molecule has 0 aliphatic carbocycles. The minimum Gasteiger partial charge on any atom is -0.454 e. The predicted octanol–water partition coefficient (Wildman–Crippen LogP) is 1.07. The molecule has 2 aliphatic rings. The van der Waals surface area contributed by atoms with Gasteiger partial charge in [0.2, 0.25) is 6.79 Å². The van der Waals surface area contributed by atoms with Gasteiger partial charge in [-0.1, -0.05) is 5.21 Å². The van der Waals surface area contributed by atoms with Gasteiger partial charge in [0.15, 0.2) is 34.8 Å². The summed E-state index contributed by atoms with van der Waals surface area (Å²) in [5.41, 5.74) is 0.410. The first-order valence-electron chi connectivity index (χ1n) is 11.3. The van der Waals surface area contributed by atoms with Gasteiger partial charge in [-0.25, -0.2) is 17.9 Å². The van der Waals surface area contributed by atoms with Gasteiger partial charge in [0.1, 0.15) is 42.5 Å². The van der Waals surface area contributed by atoms with Crippen LogP contribution < -0.4 is 9.47 Å². The van der Waals surface area contributed by atoms with Gasteiger partial charge in [0.05, 0.1) is 18.5 Å². The zero-order valence-corrected chi connectivity index (χ0v) is 19.2. The van der Waals surface area contributed by atoms with Crippen molar-refractivity contribution in [3.8, 4) is 28.4 Å². The normalized spacial score (nSPS) is 24.6. The van der Waals surface area contributed by atoms with Gasteiger partial charge in [-0.3, -0.25) is 4.57 Å². The smallest absolute Gasteiger partial charge is 0.231 e. The van der Waals surface area contributed by atoms with Gasteiger partial charge >= 0.3 is 0 Å². The Labute approximate surface area is 211 Å². The number of benzene rings is 2. The van der Waals surface area contributed by atoms with E-state index in [2.05, 4.69) is 20.5 Å². The van der Waals surface area contributed by atoms with Crippen LogP contribution in [-0.2, 0) is 4.74 Å². The highest BCUT2D eigenvalue weighted by Gasteiger charge is 2.48. The Kier molecular flexibility index (Phi) is 5.98. The first-order valence-corrected chi connectivity index (χ1v) is 11.3. The molecule has 0 saturated carbocycles. The molecule has 5 atom stereocenters. The van der Waals surface area contributed by atoms with Crippen molar-refractivity contribution in [2.24, 2.45) is 0 Å². The molecular weight excluding hydrogens is 513 g/mol. The van der Waals surface area contributed by atoms with E-state index in [1.165, 1.54) is 17.1 Å². The number of ether oxygens (including phenoxy) is 3. The number of rotatable bonds is 5. The van der Waals surface area contributed by atoms with Crippen molar-refractivity contribution >= 4 is 0 Å². The molecule has 0 spiro atoms. The van der Waals surface area contributed by atoms with Crippen LogP contribution in [0.25, 0.3) is 16.9 Å². The third-order valence-corrected chi connectivity index (χ3v) is 6.45. The van der Waals surface area contributed by atoms with Crippen molar-refractivity contribution in [3.63, 3.8) is 0 Å². The molecule has 1 saturated heterocycles. The summed E-state index contributed by atoms with van der Waals surface area (Å²) in [6, 6.07) is 5.36. The molecule has 0 amide bonds. The van der Waals surface area contributed by atoms with Crippen LogP contribution >= 0.6 is 0 Å². The molecule has 198 valence electrons. The van der Waals surface area contributed by atoms with Gasteiger partial charge in [-0.2, -0.15) is 0 Å². The second-order valence-corrected chi connectivity index (χ2v) is 8.68. The zero-order valence-electron chi connectivity index (χ0n) is 19.2. The average Bonchev–Trinajstić information content (AvgIpc) is 3.68. The van der Waals surface area contributed by atoms with Crippen LogP contribution in [0.5, 0.6) is 11.5 Å². The molecule has 2 aromatic carbocycles. The van der Waals surface area contributed by atoms with Gasteiger partial charge in [-0.05, 0) is 24.3 Å². The molecule has 6 rings (SSSR count). The fourth-order valence-electron chi connectivity index (χ4n) is 4.56. The highest BCUT2D eigenvalue weighted by Crippen LogP contribution is 2.39. The van der Waals surface area contributed by atoms with E-state index in [-0.39, 0.29) is 23.9 Å². The molecule has 38 heavy (non-hydrogen) atoms. The number of fused-ring (bicyclic) bond motifs is 1. The maximum Gasteiger partial charge on any atom is 0.231 e. The second kappa shape index (κ2) is 9.36. The monoisotopic (exact) mass is 532 g/mol. The number of aromatic nitrogens is 6. The summed E-state index contributed by atoms with van der Waals surface area (Å²) < 4.78 is 60.1. The third-order valence-electron chi connectivity index (χ3n) is 6.45. The first kappa shape index (κ1) is 24.3. The van der Waals surface area contributed by atoms with Crippen molar-refractivity contribution in [1.82, 2.24) is 29.8 Å². The quantitative estimate of drug-likeness (QED) is 0.319. The van der Waals surface area contributed by atoms with Crippen molar-refractivity contribution in [1.29, 1.82) is 0 Å². The first-order chi connectivity index (χ1) is 18.4. The summed E-state index contributed by atoms with van der Waals surface area (Å²) in [6.07, 6.45) is -2.74. The number of nitrogens with zero attached hydrogens (tertiary/aromatic N) is 6. The van der Waals surface area contributed by atoms with Crippen LogP contribution in [0.1, 0.15) is 18.0 Å². The van der Waals surface area contributed by atoms with Gasteiger partial charge < -0.3 is 29.5 Å². The summed E-state index contributed by atoms with van der Waals surface area (Å²) in [5, 5.41) is 47.9. The summed E-state index contributed by atoms with van der Waals surface area (Å²) in [7, 11) is 0. The maximum absolute atomic E-state index is 13.7. The molecule has 3 unspecified atom stereocenters. The summed E-state index contributed by atoms with van der Waals surface area (Å²) >= 11 is 0. The Bertz CT molecular complexity index is 1480. The fourth-order valence-corrected chi connectivity index (χ4v) is 4.56. The molecule has 0 bridgehead atoms. The van der Waals surface area contributed by atoms with Crippen molar-refractivity contribution in [2.75, 3.05) is 13.4 Å². The number of halogens is 3. The van der Waals surface area contributed by atoms with E-state index in [0.717, 1.165) is 16.8 Å². The van der Waals surface area contributed by atoms with Crippen LogP contribution in [-0.4, -0.2) is 76.8 Å². The van der Waals surface area contributed by atoms with Crippen molar-refractivity contribution < 1.29 is 42.7 Å². The van der Waals surface area contributed by atoms with Crippen LogP contribution in [0.15, 0.2) is 42.9 Å². The van der Waals surface area contributed by atoms with E-state index in [9.17, 15) is 28.5 Å². The van der Waals surface area contributed by atoms with E-state index in [0.29, 0.717) is 17.2 Å². The van der Waals surface area contributed by atoms with Crippen LogP contribution in [0.4, 0.5) is 13.2 Å². The molecule has 12 nitrogen and oxygen atoms in total. The number of aliphatic hydroxyl groups excluding tert-OH is 3. The van der Waals surface area contributed by atoms with Crippen LogP contribution in [0.3, 0.4) is 0 Å². The third kappa shape index (κ3) is 3.96. The Morgan fingerprint density at radius 2 is 1.74 bits per heavy atom. The number of hydrogen-bond donors (Lipinski definition) is 3. The van der Waals surface area contributed by atoms with Crippen molar-refractivity contribution in [2.45, 2.75) is 30.5 Å². The van der Waals surface area contributed by atoms with E-state index in [1.54, 1.807) is 18.2 Å². The highest BCUT2D eigenvalue weighted by atomic mass is 19.2. The molecule has 0 radical (unpaired) electrons. The Hall–Kier alpha value is -4.05. The fraction of sp³-hybridized carbons (Fsp3) is 0.304. The number of hydrogen-bond acceptors (Lipinski definition) is 10. The Morgan fingerprint density at radius 1 is 0.974 bits per heavy atom. The topological polar surface area (TPSA) is 150 Å². The van der Waals surface area contributed by atoms with E-state index >= 15 is 0 Å². The lowest BCUT2D eigenvalue weighted by Gasteiger charge is -2.41. The number of aliphatic hydroxyl groups is 3. The molecule has 15 heteroatoms. The molecule has 4 aromatic rings. The SMILES string of the molecule is OCC1OC(c2nncn2-c2ccc3c(c2)OCO3)[C@H](O)C(n2cc(-c3cc(F)c(F)c(F)c3)nn2)[C@H]1O. The Balaban J connectivity index is 1.35. The zero-order chi connectivity index (χ0) is 26.6. The Morgan fingerprint density at radius 3 is 2.50 bits per heavy atom. The summed E-state index contributed by atoms with van der Waals surface area (Å²) in [5.74, 6) is -3.25. The molecular formula is C23H19F3N6O6. The molecule has 3 N–H and O–H groups in total. The predicted molar refractivity (Wildman–Crippen MR) is 119 cm³/mol. The molecule has 2 aromatic heterocycles. The van der Waals surface area contributed by atoms with Crippen LogP contribution in [0, 0.1) is 17.5 Å². The lowest BCUT2D eigenvalue weighted by atomic mass is 9.92. The second-order valence-electron chi connectivity index (χ2n) is 8.68. The van der Waals surface area contributed by atoms with E-state index in [4.69, 9.17) is 14.2 Å². The molecule has 2 aliphatic heterocycles. The van der Waals surface area contributed by atoms with E-state index < -0.39 is 54.5 Å². The van der Waals surface area contributed by atoms with Gasteiger partial charge in [0, 0.05) is 11.6 Å². The van der Waals surface area contributed by atoms with Gasteiger partial charge in [0.25, 0.3) is 0 Å². The molecule has 4 heterocycles. The lowest BCUT2D eigenvalue weighted by Crippen LogP contribution is -2.53. The lowest BCUT2D eigenvalue weighted by molar-refractivity contribution is -0.210. The summed E-state index contributed by atoms with van der Waals surface area (Å²) in [4.78, 5) is 0. The minimum atomic E-state index is -1.63.